The molecule has 4 heteroatoms. The molecule has 0 saturated heterocycles. The van der Waals surface area contributed by atoms with Crippen LogP contribution in [0.1, 0.15) is 50.2 Å². The summed E-state index contributed by atoms with van der Waals surface area (Å²) in [5, 5.41) is 0.724. The maximum Gasteiger partial charge on any atom is 0.164 e. The molecule has 0 aliphatic carbocycles. The van der Waals surface area contributed by atoms with E-state index in [-0.39, 0.29) is 0 Å². The Kier molecular flexibility index (Phi) is 5.95. The molecule has 1 atom stereocenters. The molecule has 1 unspecified atom stereocenters. The Bertz CT molecular complexity index is 433. The summed E-state index contributed by atoms with van der Waals surface area (Å²) in [5.41, 5.74) is 7.91. The van der Waals surface area contributed by atoms with Crippen molar-refractivity contribution in [1.82, 2.24) is 0 Å². The number of methoxy groups -OCH3 is 2. The molecule has 0 aromatic heterocycles. The van der Waals surface area contributed by atoms with Crippen LogP contribution in [0, 0.1) is 0 Å². The lowest BCUT2D eigenvalue weighted by atomic mass is 9.87. The molecule has 0 aliphatic heterocycles. The summed E-state index contributed by atoms with van der Waals surface area (Å²) < 4.78 is 10.9. The summed E-state index contributed by atoms with van der Waals surface area (Å²) >= 11 is 6.44. The van der Waals surface area contributed by atoms with Crippen molar-refractivity contribution >= 4 is 11.6 Å². The van der Waals surface area contributed by atoms with Gasteiger partial charge in [0.2, 0.25) is 0 Å². The van der Waals surface area contributed by atoms with E-state index >= 15 is 0 Å². The van der Waals surface area contributed by atoms with Gasteiger partial charge in [0.15, 0.2) is 11.5 Å². The topological polar surface area (TPSA) is 44.5 Å². The molecule has 0 radical (unpaired) electrons. The highest BCUT2D eigenvalue weighted by molar-refractivity contribution is 6.31. The van der Waals surface area contributed by atoms with Crippen LogP contribution in [0.15, 0.2) is 6.07 Å². The fourth-order valence-electron chi connectivity index (χ4n) is 2.47. The number of halogens is 1. The monoisotopic (exact) mass is 285 g/mol. The molecule has 0 spiro atoms. The van der Waals surface area contributed by atoms with E-state index < -0.39 is 0 Å². The lowest BCUT2D eigenvalue weighted by Crippen LogP contribution is -2.10. The van der Waals surface area contributed by atoms with E-state index in [0.717, 1.165) is 28.3 Å². The Balaban J connectivity index is 3.51. The van der Waals surface area contributed by atoms with Gasteiger partial charge in [0, 0.05) is 16.7 Å². The first-order chi connectivity index (χ1) is 8.97. The highest BCUT2D eigenvalue weighted by Gasteiger charge is 2.24. The maximum atomic E-state index is 6.44. The van der Waals surface area contributed by atoms with Crippen molar-refractivity contribution in [2.45, 2.75) is 39.0 Å². The third kappa shape index (κ3) is 3.34. The van der Waals surface area contributed by atoms with E-state index in [9.17, 15) is 0 Å². The molecular formula is C15H24ClNO2. The largest absolute Gasteiger partial charge is 0.493 e. The van der Waals surface area contributed by atoms with Crippen molar-refractivity contribution in [2.75, 3.05) is 20.8 Å². The van der Waals surface area contributed by atoms with E-state index in [2.05, 4.69) is 20.8 Å². The predicted molar refractivity (Wildman–Crippen MR) is 80.7 cm³/mol. The summed E-state index contributed by atoms with van der Waals surface area (Å²) in [6.45, 7) is 7.05. The second-order valence-electron chi connectivity index (χ2n) is 5.05. The van der Waals surface area contributed by atoms with Gasteiger partial charge in [-0.15, -0.1) is 0 Å². The third-order valence-electron chi connectivity index (χ3n) is 3.37. The summed E-state index contributed by atoms with van der Waals surface area (Å²) in [6, 6.07) is 1.83. The zero-order chi connectivity index (χ0) is 14.6. The Labute approximate surface area is 121 Å². The Morgan fingerprint density at radius 2 is 1.79 bits per heavy atom. The maximum absolute atomic E-state index is 6.44. The molecule has 0 aliphatic rings. The van der Waals surface area contributed by atoms with E-state index in [1.54, 1.807) is 14.2 Å². The SMILES string of the molecule is COc1cc(Cl)c(C(C)CCN)c(C(C)C)c1OC. The number of nitrogens with two attached hydrogens (primary N) is 1. The molecule has 19 heavy (non-hydrogen) atoms. The number of hydrogen-bond acceptors (Lipinski definition) is 3. The fourth-order valence-corrected chi connectivity index (χ4v) is 2.86. The van der Waals surface area contributed by atoms with Crippen LogP contribution in [0.2, 0.25) is 5.02 Å². The lowest BCUT2D eigenvalue weighted by molar-refractivity contribution is 0.349. The number of rotatable bonds is 6. The molecule has 0 saturated carbocycles. The summed E-state index contributed by atoms with van der Waals surface area (Å²) in [7, 11) is 3.29. The Hall–Kier alpha value is -0.930. The number of ether oxygens (including phenoxy) is 2. The molecule has 0 fully saturated rings. The molecular weight excluding hydrogens is 262 g/mol. The standard InChI is InChI=1S/C15H24ClNO2/c1-9(2)13-14(10(3)6-7-17)11(16)8-12(18-4)15(13)19-5/h8-10H,6-7,17H2,1-5H3. The quantitative estimate of drug-likeness (QED) is 0.861. The normalized spacial score (nSPS) is 12.6. The van der Waals surface area contributed by atoms with Gasteiger partial charge < -0.3 is 15.2 Å². The van der Waals surface area contributed by atoms with Gasteiger partial charge in [-0.2, -0.15) is 0 Å². The average Bonchev–Trinajstić information content (AvgIpc) is 2.37. The van der Waals surface area contributed by atoms with Gasteiger partial charge in [-0.1, -0.05) is 32.4 Å². The molecule has 0 bridgehead atoms. The molecule has 0 heterocycles. The van der Waals surface area contributed by atoms with Gasteiger partial charge in [-0.25, -0.2) is 0 Å². The first-order valence-electron chi connectivity index (χ1n) is 6.62. The van der Waals surface area contributed by atoms with E-state index in [1.165, 1.54) is 0 Å². The van der Waals surface area contributed by atoms with Gasteiger partial charge in [-0.3, -0.25) is 0 Å². The smallest absolute Gasteiger partial charge is 0.164 e. The molecule has 0 amide bonds. The second kappa shape index (κ2) is 7.01. The van der Waals surface area contributed by atoms with Crippen LogP contribution in [0.3, 0.4) is 0 Å². The minimum absolute atomic E-state index is 0.301. The lowest BCUT2D eigenvalue weighted by Gasteiger charge is -2.24. The molecule has 1 rings (SSSR count). The van der Waals surface area contributed by atoms with Gasteiger partial charge in [-0.05, 0) is 30.4 Å². The van der Waals surface area contributed by atoms with Crippen molar-refractivity contribution in [2.24, 2.45) is 5.73 Å². The summed E-state index contributed by atoms with van der Waals surface area (Å²) in [6.07, 6.45) is 0.898. The molecule has 3 nitrogen and oxygen atoms in total. The fraction of sp³-hybridized carbons (Fsp3) is 0.600. The predicted octanol–water partition coefficient (Wildman–Crippen LogP) is 3.93. The van der Waals surface area contributed by atoms with Crippen molar-refractivity contribution in [3.63, 3.8) is 0 Å². The Morgan fingerprint density at radius 1 is 1.16 bits per heavy atom. The van der Waals surface area contributed by atoms with Crippen LogP contribution in [-0.4, -0.2) is 20.8 Å². The van der Waals surface area contributed by atoms with Gasteiger partial charge >= 0.3 is 0 Å². The number of benzene rings is 1. The highest BCUT2D eigenvalue weighted by atomic mass is 35.5. The van der Waals surface area contributed by atoms with Crippen molar-refractivity contribution in [1.29, 1.82) is 0 Å². The van der Waals surface area contributed by atoms with Crippen LogP contribution in [0.25, 0.3) is 0 Å². The first kappa shape index (κ1) is 16.1. The molecule has 1 aromatic carbocycles. The van der Waals surface area contributed by atoms with Crippen LogP contribution < -0.4 is 15.2 Å². The van der Waals surface area contributed by atoms with E-state index in [1.807, 2.05) is 6.07 Å². The van der Waals surface area contributed by atoms with Gasteiger partial charge in [0.1, 0.15) is 0 Å². The first-order valence-corrected chi connectivity index (χ1v) is 6.99. The van der Waals surface area contributed by atoms with Crippen LogP contribution in [-0.2, 0) is 0 Å². The van der Waals surface area contributed by atoms with Crippen molar-refractivity contribution in [3.8, 4) is 11.5 Å². The minimum atomic E-state index is 0.301. The van der Waals surface area contributed by atoms with E-state index in [4.69, 9.17) is 26.8 Å². The molecule has 1 aromatic rings. The molecule has 108 valence electrons. The Morgan fingerprint density at radius 3 is 2.21 bits per heavy atom. The third-order valence-corrected chi connectivity index (χ3v) is 3.68. The van der Waals surface area contributed by atoms with Crippen molar-refractivity contribution < 1.29 is 9.47 Å². The van der Waals surface area contributed by atoms with E-state index in [0.29, 0.717) is 24.1 Å². The number of hydrogen-bond donors (Lipinski definition) is 1. The summed E-state index contributed by atoms with van der Waals surface area (Å²) in [5.74, 6) is 2.06. The van der Waals surface area contributed by atoms with Crippen LogP contribution in [0.5, 0.6) is 11.5 Å². The summed E-state index contributed by atoms with van der Waals surface area (Å²) in [4.78, 5) is 0. The zero-order valence-corrected chi connectivity index (χ0v) is 13.2. The van der Waals surface area contributed by atoms with Crippen molar-refractivity contribution in [3.05, 3.63) is 22.2 Å². The van der Waals surface area contributed by atoms with Gasteiger partial charge in [0.25, 0.3) is 0 Å². The zero-order valence-electron chi connectivity index (χ0n) is 12.4. The average molecular weight is 286 g/mol. The second-order valence-corrected chi connectivity index (χ2v) is 5.46. The van der Waals surface area contributed by atoms with Crippen LogP contribution >= 0.6 is 11.6 Å². The molecule has 2 N–H and O–H groups in total. The highest BCUT2D eigenvalue weighted by Crippen LogP contribution is 2.45. The van der Waals surface area contributed by atoms with Gasteiger partial charge in [0.05, 0.1) is 14.2 Å². The minimum Gasteiger partial charge on any atom is -0.493 e. The van der Waals surface area contributed by atoms with Crippen LogP contribution in [0.4, 0.5) is 0 Å².